The van der Waals surface area contributed by atoms with Gasteiger partial charge in [0, 0.05) is 25.0 Å². The summed E-state index contributed by atoms with van der Waals surface area (Å²) in [4.78, 5) is 6.45. The van der Waals surface area contributed by atoms with Gasteiger partial charge in [-0.25, -0.2) is 4.99 Å². The van der Waals surface area contributed by atoms with Gasteiger partial charge < -0.3 is 10.2 Å². The second-order valence-corrected chi connectivity index (χ2v) is 5.97. The molecule has 0 amide bonds. The summed E-state index contributed by atoms with van der Waals surface area (Å²) in [5.74, 6) is 0. The van der Waals surface area contributed by atoms with Crippen molar-refractivity contribution in [2.75, 3.05) is 18.9 Å². The molecule has 0 bridgehead atoms. The Bertz CT molecular complexity index is 750. The molecule has 0 fully saturated rings. The van der Waals surface area contributed by atoms with Crippen LogP contribution in [0.5, 0.6) is 0 Å². The third kappa shape index (κ3) is 4.98. The van der Waals surface area contributed by atoms with Crippen LogP contribution in [-0.4, -0.2) is 24.8 Å². The number of hydrogen-bond donors (Lipinski definition) is 1. The number of aryl methyl sites for hydroxylation is 2. The molecule has 0 unspecified atom stereocenters. The highest BCUT2D eigenvalue weighted by molar-refractivity contribution is 5.70. The van der Waals surface area contributed by atoms with Crippen LogP contribution in [0.4, 0.5) is 30.2 Å². The third-order valence-corrected chi connectivity index (χ3v) is 3.93. The highest BCUT2D eigenvalue weighted by atomic mass is 19.4. The molecule has 0 aliphatic carbocycles. The Balaban J connectivity index is 2.20. The number of nitrogens with one attached hydrogen (secondary N) is 1. The van der Waals surface area contributed by atoms with Crippen molar-refractivity contribution in [1.29, 1.82) is 0 Å². The Labute approximate surface area is 146 Å². The van der Waals surface area contributed by atoms with Crippen LogP contribution in [0.1, 0.15) is 23.6 Å². The molecule has 134 valence electrons. The summed E-state index contributed by atoms with van der Waals surface area (Å²) < 4.78 is 37.9. The topological polar surface area (TPSA) is 27.6 Å². The lowest BCUT2D eigenvalue weighted by atomic mass is 10.1. The molecule has 3 nitrogen and oxygen atoms in total. The minimum absolute atomic E-state index is 0.609. The number of nitrogens with zero attached hydrogens (tertiary/aromatic N) is 2. The van der Waals surface area contributed by atoms with Crippen molar-refractivity contribution in [3.05, 3.63) is 53.1 Å². The van der Waals surface area contributed by atoms with Crippen LogP contribution in [0.25, 0.3) is 0 Å². The molecule has 0 atom stereocenters. The first-order valence-corrected chi connectivity index (χ1v) is 8.00. The fourth-order valence-electron chi connectivity index (χ4n) is 2.22. The van der Waals surface area contributed by atoms with E-state index in [-0.39, 0.29) is 0 Å². The van der Waals surface area contributed by atoms with Gasteiger partial charge in [-0.2, -0.15) is 13.2 Å². The largest absolute Gasteiger partial charge is 0.416 e. The van der Waals surface area contributed by atoms with Gasteiger partial charge >= 0.3 is 6.18 Å². The zero-order valence-corrected chi connectivity index (χ0v) is 14.8. The average molecular weight is 349 g/mol. The van der Waals surface area contributed by atoms with Gasteiger partial charge in [-0.3, -0.25) is 0 Å². The summed E-state index contributed by atoms with van der Waals surface area (Å²) in [7, 11) is 1.95. The molecule has 0 spiro atoms. The van der Waals surface area contributed by atoms with E-state index in [4.69, 9.17) is 0 Å². The maximum absolute atomic E-state index is 12.6. The standard InChI is InChI=1S/C19H22F3N3/c1-5-25(4)12-23-17-10-14(3)18(11-13(17)2)24-16-8-6-15(7-9-16)19(20,21)22/h6-12,24H,5H2,1-4H3/b23-12-. The second-order valence-electron chi connectivity index (χ2n) is 5.97. The lowest BCUT2D eigenvalue weighted by Gasteiger charge is -2.14. The van der Waals surface area contributed by atoms with E-state index in [1.807, 2.05) is 44.9 Å². The Hall–Kier alpha value is -2.50. The maximum atomic E-state index is 12.6. The number of halogens is 3. The zero-order chi connectivity index (χ0) is 18.6. The van der Waals surface area contributed by atoms with Gasteiger partial charge in [-0.05, 0) is 68.3 Å². The second kappa shape index (κ2) is 7.59. The molecule has 0 saturated carbocycles. The van der Waals surface area contributed by atoms with Crippen LogP contribution < -0.4 is 5.32 Å². The summed E-state index contributed by atoms with van der Waals surface area (Å²) in [5, 5.41) is 3.17. The van der Waals surface area contributed by atoms with E-state index in [1.165, 1.54) is 12.1 Å². The highest BCUT2D eigenvalue weighted by Gasteiger charge is 2.29. The van der Waals surface area contributed by atoms with E-state index in [2.05, 4.69) is 10.3 Å². The molecule has 2 aromatic carbocycles. The van der Waals surface area contributed by atoms with Gasteiger partial charge in [0.15, 0.2) is 0 Å². The van der Waals surface area contributed by atoms with E-state index in [1.54, 1.807) is 6.34 Å². The van der Waals surface area contributed by atoms with Gasteiger partial charge in [-0.15, -0.1) is 0 Å². The van der Waals surface area contributed by atoms with E-state index >= 15 is 0 Å². The number of aliphatic imine (C=N–C) groups is 1. The van der Waals surface area contributed by atoms with E-state index in [9.17, 15) is 13.2 Å². The Kier molecular flexibility index (Phi) is 5.72. The van der Waals surface area contributed by atoms with Crippen molar-refractivity contribution >= 4 is 23.4 Å². The first kappa shape index (κ1) is 18.8. The molecule has 6 heteroatoms. The van der Waals surface area contributed by atoms with Crippen molar-refractivity contribution in [3.63, 3.8) is 0 Å². The first-order valence-electron chi connectivity index (χ1n) is 8.00. The number of benzene rings is 2. The predicted octanol–water partition coefficient (Wildman–Crippen LogP) is 5.68. The number of hydrogen-bond acceptors (Lipinski definition) is 2. The van der Waals surface area contributed by atoms with Gasteiger partial charge in [0.25, 0.3) is 0 Å². The van der Waals surface area contributed by atoms with Crippen molar-refractivity contribution in [2.45, 2.75) is 26.9 Å². The number of rotatable bonds is 5. The zero-order valence-electron chi connectivity index (χ0n) is 14.8. The molecule has 0 aliphatic heterocycles. The Morgan fingerprint density at radius 1 is 1.08 bits per heavy atom. The van der Waals surface area contributed by atoms with Crippen LogP contribution in [0, 0.1) is 13.8 Å². The third-order valence-electron chi connectivity index (χ3n) is 3.93. The lowest BCUT2D eigenvalue weighted by Crippen LogP contribution is -2.14. The van der Waals surface area contributed by atoms with Crippen LogP contribution in [0.2, 0.25) is 0 Å². The van der Waals surface area contributed by atoms with Crippen molar-refractivity contribution < 1.29 is 13.2 Å². The quantitative estimate of drug-likeness (QED) is 0.556. The van der Waals surface area contributed by atoms with Gasteiger partial charge in [0.2, 0.25) is 0 Å². The molecular formula is C19H22F3N3. The summed E-state index contributed by atoms with van der Waals surface area (Å²) in [6.07, 6.45) is -2.54. The monoisotopic (exact) mass is 349 g/mol. The summed E-state index contributed by atoms with van der Waals surface area (Å²) in [6.45, 7) is 6.81. The predicted molar refractivity (Wildman–Crippen MR) is 97.1 cm³/mol. The fourth-order valence-corrected chi connectivity index (χ4v) is 2.22. The summed E-state index contributed by atoms with van der Waals surface area (Å²) in [6, 6.07) is 8.92. The van der Waals surface area contributed by atoms with Gasteiger partial charge in [-0.1, -0.05) is 0 Å². The molecule has 0 aromatic heterocycles. The molecule has 0 saturated heterocycles. The Morgan fingerprint density at radius 2 is 1.72 bits per heavy atom. The van der Waals surface area contributed by atoms with Crippen LogP contribution in [0.15, 0.2) is 41.4 Å². The van der Waals surface area contributed by atoms with E-state index in [0.717, 1.165) is 41.2 Å². The van der Waals surface area contributed by atoms with Crippen molar-refractivity contribution in [3.8, 4) is 0 Å². The molecule has 1 N–H and O–H groups in total. The smallest absolute Gasteiger partial charge is 0.366 e. The SMILES string of the molecule is CCN(C)/C=N\c1cc(C)c(Nc2ccc(C(F)(F)F)cc2)cc1C. The van der Waals surface area contributed by atoms with Crippen LogP contribution in [-0.2, 0) is 6.18 Å². The van der Waals surface area contributed by atoms with Gasteiger partial charge in [0.05, 0.1) is 17.6 Å². The van der Waals surface area contributed by atoms with Crippen LogP contribution >= 0.6 is 0 Å². The lowest BCUT2D eigenvalue weighted by molar-refractivity contribution is -0.137. The summed E-state index contributed by atoms with van der Waals surface area (Å²) in [5.41, 5.74) is 3.63. The van der Waals surface area contributed by atoms with E-state index < -0.39 is 11.7 Å². The normalized spacial score (nSPS) is 11.8. The van der Waals surface area contributed by atoms with E-state index in [0.29, 0.717) is 5.69 Å². The summed E-state index contributed by atoms with van der Waals surface area (Å²) >= 11 is 0. The Morgan fingerprint density at radius 3 is 2.28 bits per heavy atom. The number of alkyl halides is 3. The maximum Gasteiger partial charge on any atom is 0.416 e. The molecule has 0 radical (unpaired) electrons. The fraction of sp³-hybridized carbons (Fsp3) is 0.316. The first-order chi connectivity index (χ1) is 11.7. The minimum Gasteiger partial charge on any atom is -0.366 e. The number of anilines is 2. The molecular weight excluding hydrogens is 327 g/mol. The van der Waals surface area contributed by atoms with Crippen LogP contribution in [0.3, 0.4) is 0 Å². The molecule has 0 aliphatic rings. The molecule has 25 heavy (non-hydrogen) atoms. The molecule has 2 rings (SSSR count). The van der Waals surface area contributed by atoms with Gasteiger partial charge in [0.1, 0.15) is 0 Å². The average Bonchev–Trinajstić information content (AvgIpc) is 2.56. The van der Waals surface area contributed by atoms with Crippen molar-refractivity contribution in [1.82, 2.24) is 4.90 Å². The highest BCUT2D eigenvalue weighted by Crippen LogP contribution is 2.32. The molecule has 2 aromatic rings. The van der Waals surface area contributed by atoms with Crippen molar-refractivity contribution in [2.24, 2.45) is 4.99 Å². The molecule has 0 heterocycles. The minimum atomic E-state index is -4.32.